The maximum Gasteiger partial charge on any atom is 0.236 e. The molecule has 0 spiro atoms. The van der Waals surface area contributed by atoms with Crippen molar-refractivity contribution < 1.29 is 9.59 Å². The number of hydrogen-bond acceptors (Lipinski definition) is 3. The molecule has 0 bridgehead atoms. The highest BCUT2D eigenvalue weighted by molar-refractivity contribution is 5.78. The van der Waals surface area contributed by atoms with Crippen LogP contribution in [0.5, 0.6) is 0 Å². The molecule has 1 aliphatic rings. The van der Waals surface area contributed by atoms with Crippen LogP contribution in [0.1, 0.15) is 12.8 Å². The van der Waals surface area contributed by atoms with Crippen LogP contribution in [0.3, 0.4) is 0 Å². The second-order valence-corrected chi connectivity index (χ2v) is 3.40. The van der Waals surface area contributed by atoms with Gasteiger partial charge in [0.2, 0.25) is 5.91 Å². The first kappa shape index (κ1) is 10.2. The summed E-state index contributed by atoms with van der Waals surface area (Å²) in [6.45, 7) is 2.92. The summed E-state index contributed by atoms with van der Waals surface area (Å²) in [4.78, 5) is 25.3. The molecule has 0 unspecified atom stereocenters. The lowest BCUT2D eigenvalue weighted by Gasteiger charge is -2.17. The van der Waals surface area contributed by atoms with Gasteiger partial charge in [-0.05, 0) is 6.42 Å². The van der Waals surface area contributed by atoms with Gasteiger partial charge in [-0.1, -0.05) is 0 Å². The fraction of sp³-hybridized carbons (Fsp3) is 0.778. The molecule has 1 saturated heterocycles. The average Bonchev–Trinajstić information content (AvgIpc) is 2.26. The Morgan fingerprint density at radius 1 is 1.46 bits per heavy atom. The van der Waals surface area contributed by atoms with E-state index in [2.05, 4.69) is 0 Å². The number of amides is 1. The van der Waals surface area contributed by atoms with Crippen molar-refractivity contribution in [2.75, 3.05) is 33.2 Å². The molecule has 1 rings (SSSR count). The summed E-state index contributed by atoms with van der Waals surface area (Å²) >= 11 is 0. The van der Waals surface area contributed by atoms with Crippen LogP contribution in [0.2, 0.25) is 0 Å². The number of carbonyl (C=O) groups is 2. The zero-order valence-corrected chi connectivity index (χ0v) is 8.03. The molecule has 0 N–H and O–H groups in total. The van der Waals surface area contributed by atoms with E-state index in [4.69, 9.17) is 0 Å². The van der Waals surface area contributed by atoms with Gasteiger partial charge in [-0.25, -0.2) is 0 Å². The first-order valence-corrected chi connectivity index (χ1v) is 4.64. The van der Waals surface area contributed by atoms with E-state index in [0.29, 0.717) is 19.5 Å². The Morgan fingerprint density at radius 3 is 2.92 bits per heavy atom. The van der Waals surface area contributed by atoms with Gasteiger partial charge < -0.3 is 9.69 Å². The second-order valence-electron chi connectivity index (χ2n) is 3.40. The number of carbonyl (C=O) groups excluding carboxylic acids is 2. The largest absolute Gasteiger partial charge is 0.345 e. The van der Waals surface area contributed by atoms with Gasteiger partial charge in [-0.15, -0.1) is 0 Å². The highest BCUT2D eigenvalue weighted by Gasteiger charge is 2.17. The van der Waals surface area contributed by atoms with E-state index in [-0.39, 0.29) is 5.91 Å². The minimum absolute atomic E-state index is 0.156. The number of rotatable bonds is 3. The molecular formula is C9H16N2O2. The first-order valence-electron chi connectivity index (χ1n) is 4.64. The molecule has 4 heteroatoms. The summed E-state index contributed by atoms with van der Waals surface area (Å²) in [5.41, 5.74) is 0. The summed E-state index contributed by atoms with van der Waals surface area (Å²) in [5, 5.41) is 0. The van der Waals surface area contributed by atoms with Crippen LogP contribution in [-0.2, 0) is 9.59 Å². The van der Waals surface area contributed by atoms with Gasteiger partial charge >= 0.3 is 0 Å². The summed E-state index contributed by atoms with van der Waals surface area (Å²) < 4.78 is 0. The van der Waals surface area contributed by atoms with Gasteiger partial charge in [0.1, 0.15) is 6.29 Å². The molecular weight excluding hydrogens is 168 g/mol. The van der Waals surface area contributed by atoms with Crippen molar-refractivity contribution in [2.24, 2.45) is 0 Å². The van der Waals surface area contributed by atoms with Gasteiger partial charge in [-0.2, -0.15) is 0 Å². The van der Waals surface area contributed by atoms with Gasteiger partial charge in [-0.3, -0.25) is 9.69 Å². The van der Waals surface area contributed by atoms with Crippen LogP contribution in [0, 0.1) is 0 Å². The lowest BCUT2D eigenvalue weighted by molar-refractivity contribution is -0.130. The lowest BCUT2D eigenvalue weighted by atomic mass is 10.3. The SMILES string of the molecule is CN1CCCN(CCC=O)CC1=O. The minimum Gasteiger partial charge on any atom is -0.345 e. The molecule has 0 saturated carbocycles. The van der Waals surface area contributed by atoms with Crippen molar-refractivity contribution in [3.63, 3.8) is 0 Å². The quantitative estimate of drug-likeness (QED) is 0.567. The number of aldehydes is 1. The molecule has 13 heavy (non-hydrogen) atoms. The molecule has 0 aliphatic carbocycles. The maximum atomic E-state index is 11.4. The first-order chi connectivity index (χ1) is 6.24. The zero-order chi connectivity index (χ0) is 9.68. The molecule has 0 aromatic heterocycles. The summed E-state index contributed by atoms with van der Waals surface area (Å²) in [7, 11) is 1.82. The normalized spacial score (nSPS) is 20.1. The Kier molecular flexibility index (Phi) is 3.89. The summed E-state index contributed by atoms with van der Waals surface area (Å²) in [6.07, 6.45) is 2.43. The van der Waals surface area contributed by atoms with Crippen LogP contribution in [0.25, 0.3) is 0 Å². The van der Waals surface area contributed by atoms with Crippen LogP contribution >= 0.6 is 0 Å². The van der Waals surface area contributed by atoms with Crippen molar-refractivity contribution >= 4 is 12.2 Å². The lowest BCUT2D eigenvalue weighted by Crippen LogP contribution is -2.34. The Bertz CT molecular complexity index is 194. The predicted molar refractivity (Wildman–Crippen MR) is 49.4 cm³/mol. The highest BCUT2D eigenvalue weighted by Crippen LogP contribution is 2.02. The topological polar surface area (TPSA) is 40.6 Å². The second kappa shape index (κ2) is 4.97. The molecule has 0 aromatic rings. The van der Waals surface area contributed by atoms with Crippen molar-refractivity contribution in [1.29, 1.82) is 0 Å². The van der Waals surface area contributed by atoms with Crippen molar-refractivity contribution in [3.05, 3.63) is 0 Å². The van der Waals surface area contributed by atoms with E-state index in [1.165, 1.54) is 0 Å². The molecule has 0 aromatic carbocycles. The van der Waals surface area contributed by atoms with E-state index in [0.717, 1.165) is 25.8 Å². The van der Waals surface area contributed by atoms with Crippen molar-refractivity contribution in [2.45, 2.75) is 12.8 Å². The standard InChI is InChI=1S/C9H16N2O2/c1-10-4-2-5-11(6-3-7-12)8-9(10)13/h7H,2-6,8H2,1H3. The highest BCUT2D eigenvalue weighted by atomic mass is 16.2. The smallest absolute Gasteiger partial charge is 0.236 e. The molecule has 1 fully saturated rings. The van der Waals surface area contributed by atoms with E-state index in [1.54, 1.807) is 4.90 Å². The summed E-state index contributed by atoms with van der Waals surface area (Å²) in [5.74, 6) is 0.156. The Morgan fingerprint density at radius 2 is 2.23 bits per heavy atom. The zero-order valence-electron chi connectivity index (χ0n) is 8.03. The molecule has 1 amide bonds. The third-order valence-electron chi connectivity index (χ3n) is 2.32. The number of likely N-dealkylation sites (N-methyl/N-ethyl adjacent to an activating group) is 1. The molecule has 1 aliphatic heterocycles. The van der Waals surface area contributed by atoms with E-state index in [1.807, 2.05) is 11.9 Å². The minimum atomic E-state index is 0.156. The maximum absolute atomic E-state index is 11.4. The van der Waals surface area contributed by atoms with Crippen LogP contribution in [-0.4, -0.2) is 55.2 Å². The van der Waals surface area contributed by atoms with E-state index >= 15 is 0 Å². The Balaban J connectivity index is 2.39. The number of hydrogen-bond donors (Lipinski definition) is 0. The van der Waals surface area contributed by atoms with E-state index < -0.39 is 0 Å². The fourth-order valence-corrected chi connectivity index (χ4v) is 1.47. The van der Waals surface area contributed by atoms with Crippen LogP contribution in [0.15, 0.2) is 0 Å². The molecule has 0 radical (unpaired) electrons. The number of nitrogens with zero attached hydrogens (tertiary/aromatic N) is 2. The van der Waals surface area contributed by atoms with Crippen molar-refractivity contribution in [3.8, 4) is 0 Å². The third-order valence-corrected chi connectivity index (χ3v) is 2.32. The molecule has 4 nitrogen and oxygen atoms in total. The Labute approximate surface area is 78.5 Å². The van der Waals surface area contributed by atoms with Crippen molar-refractivity contribution in [1.82, 2.24) is 9.80 Å². The van der Waals surface area contributed by atoms with Crippen LogP contribution < -0.4 is 0 Å². The van der Waals surface area contributed by atoms with Gasteiger partial charge in [0.25, 0.3) is 0 Å². The molecule has 0 atom stereocenters. The van der Waals surface area contributed by atoms with Gasteiger partial charge in [0, 0.05) is 33.1 Å². The average molecular weight is 184 g/mol. The molecule has 74 valence electrons. The van der Waals surface area contributed by atoms with E-state index in [9.17, 15) is 9.59 Å². The summed E-state index contributed by atoms with van der Waals surface area (Å²) in [6, 6.07) is 0. The van der Waals surface area contributed by atoms with Gasteiger partial charge in [0.15, 0.2) is 0 Å². The van der Waals surface area contributed by atoms with Crippen LogP contribution in [0.4, 0.5) is 0 Å². The monoisotopic (exact) mass is 184 g/mol. The predicted octanol–water partition coefficient (Wildman–Crippen LogP) is -0.261. The third kappa shape index (κ3) is 3.14. The fourth-order valence-electron chi connectivity index (χ4n) is 1.47. The van der Waals surface area contributed by atoms with Gasteiger partial charge in [0.05, 0.1) is 6.54 Å². The molecule has 1 heterocycles. The Hall–Kier alpha value is -0.900.